The molecule has 0 amide bonds. The smallest absolute Gasteiger partial charge is 0.414 e. The van der Waals surface area contributed by atoms with Crippen LogP contribution in [0.5, 0.6) is 0 Å². The van der Waals surface area contributed by atoms with E-state index in [1.807, 2.05) is 0 Å². The van der Waals surface area contributed by atoms with Crippen LogP contribution >= 0.6 is 0 Å². The molecule has 4 saturated heterocycles. The summed E-state index contributed by atoms with van der Waals surface area (Å²) in [6, 6.07) is 0. The van der Waals surface area contributed by atoms with E-state index in [2.05, 4.69) is 0 Å². The number of aliphatic hydroxyl groups is 4. The highest BCUT2D eigenvalue weighted by Crippen LogP contribution is 2.52. The Labute approximate surface area is 194 Å². The van der Waals surface area contributed by atoms with Gasteiger partial charge in [0, 0.05) is 13.0 Å². The predicted octanol–water partition coefficient (Wildman–Crippen LogP) is -3.48. The molecular formula is C19H20O16. The Kier molecular flexibility index (Phi) is 5.55. The molecule has 4 rings (SSSR count). The molecule has 0 aliphatic carbocycles. The molecular weight excluding hydrogens is 484 g/mol. The van der Waals surface area contributed by atoms with Gasteiger partial charge in [0.1, 0.15) is 0 Å². The molecule has 0 aromatic rings. The van der Waals surface area contributed by atoms with Crippen LogP contribution in [0.3, 0.4) is 0 Å². The summed E-state index contributed by atoms with van der Waals surface area (Å²) in [6.45, 7) is -0.449. The van der Waals surface area contributed by atoms with E-state index in [0.717, 1.165) is 0 Å². The number of hydrogen-bond donors (Lipinski definition) is 4. The Morgan fingerprint density at radius 2 is 1.06 bits per heavy atom. The van der Waals surface area contributed by atoms with Gasteiger partial charge in [-0.2, -0.15) is 0 Å². The van der Waals surface area contributed by atoms with E-state index in [1.54, 1.807) is 0 Å². The van der Waals surface area contributed by atoms with Crippen LogP contribution < -0.4 is 0 Å². The van der Waals surface area contributed by atoms with Crippen molar-refractivity contribution in [2.45, 2.75) is 73.7 Å². The SMILES string of the molecule is O=C1CC2(O)CC(=O)OC3(OC(=O)CC4(O)CC(=O)OC3(CCCCO)OC4=O)C(O)(O1)OC2=O. The highest BCUT2D eigenvalue weighted by Gasteiger charge is 2.84. The molecule has 4 aliphatic heterocycles. The minimum Gasteiger partial charge on any atom is -0.414 e. The van der Waals surface area contributed by atoms with Crippen molar-refractivity contribution in [3.05, 3.63) is 0 Å². The Balaban J connectivity index is 2.01. The van der Waals surface area contributed by atoms with E-state index in [9.17, 15) is 49.2 Å². The molecule has 0 aromatic heterocycles. The summed E-state index contributed by atoms with van der Waals surface area (Å²) in [5.74, 6) is -20.5. The van der Waals surface area contributed by atoms with Gasteiger partial charge in [-0.3, -0.25) is 19.2 Å². The van der Waals surface area contributed by atoms with Crippen molar-refractivity contribution in [1.29, 1.82) is 0 Å². The maximum Gasteiger partial charge on any atom is 0.465 e. The first kappa shape index (κ1) is 24.8. The van der Waals surface area contributed by atoms with Crippen LogP contribution in [-0.2, 0) is 57.2 Å². The van der Waals surface area contributed by atoms with E-state index < -0.39 is 103 Å². The topological polar surface area (TPSA) is 239 Å². The van der Waals surface area contributed by atoms with Gasteiger partial charge in [0.2, 0.25) is 0 Å². The van der Waals surface area contributed by atoms with Crippen LogP contribution in [0.25, 0.3) is 0 Å². The number of esters is 6. The van der Waals surface area contributed by atoms with Crippen molar-refractivity contribution >= 4 is 35.8 Å². The number of ether oxygens (including phenoxy) is 6. The third kappa shape index (κ3) is 3.69. The second kappa shape index (κ2) is 7.84. The van der Waals surface area contributed by atoms with Crippen LogP contribution in [0, 0.1) is 0 Å². The number of carbonyl (C=O) groups excluding carboxylic acids is 6. The second-order valence-corrected chi connectivity index (χ2v) is 8.58. The molecule has 0 radical (unpaired) electrons. The van der Waals surface area contributed by atoms with Crippen molar-refractivity contribution < 1.29 is 77.6 Å². The van der Waals surface area contributed by atoms with Gasteiger partial charge in [0.25, 0.3) is 0 Å². The molecule has 4 fully saturated rings. The Morgan fingerprint density at radius 3 is 1.57 bits per heavy atom. The minimum absolute atomic E-state index is 0.0726. The van der Waals surface area contributed by atoms with E-state index in [4.69, 9.17) is 28.4 Å². The first-order valence-electron chi connectivity index (χ1n) is 10.3. The van der Waals surface area contributed by atoms with Crippen molar-refractivity contribution in [1.82, 2.24) is 0 Å². The molecule has 0 aromatic carbocycles. The Morgan fingerprint density at radius 1 is 0.600 bits per heavy atom. The van der Waals surface area contributed by atoms with E-state index in [0.29, 0.717) is 0 Å². The zero-order valence-electron chi connectivity index (χ0n) is 17.8. The first-order valence-corrected chi connectivity index (χ1v) is 10.3. The lowest BCUT2D eigenvalue weighted by atomic mass is 9.91. The van der Waals surface area contributed by atoms with Gasteiger partial charge in [0.05, 0.1) is 25.7 Å². The van der Waals surface area contributed by atoms with Crippen molar-refractivity contribution in [3.63, 3.8) is 0 Å². The standard InChI is InChI=1S/C19H20O16/c20-4-2-1-3-17-18(31-10(22)6-15(27,13(25)34-17)5-9(21)30-17)19(29)33-12(24)8-16(28,14(26)35-19)7-11(23)32-18/h20,27-29H,1-8H2. The number of carbonyl (C=O) groups is 6. The maximum absolute atomic E-state index is 12.9. The van der Waals surface area contributed by atoms with Gasteiger partial charge >= 0.3 is 53.4 Å². The van der Waals surface area contributed by atoms with Gasteiger partial charge in [0.15, 0.2) is 11.2 Å². The molecule has 16 nitrogen and oxygen atoms in total. The molecule has 4 bridgehead atoms. The lowest BCUT2D eigenvalue weighted by molar-refractivity contribution is -0.501. The molecule has 4 heterocycles. The van der Waals surface area contributed by atoms with Gasteiger partial charge in [-0.25, -0.2) is 9.59 Å². The third-order valence-electron chi connectivity index (χ3n) is 5.87. The van der Waals surface area contributed by atoms with Crippen LogP contribution in [0.1, 0.15) is 44.9 Å². The summed E-state index contributed by atoms with van der Waals surface area (Å²) < 4.78 is 30.1. The predicted molar refractivity (Wildman–Crippen MR) is 96.3 cm³/mol. The fourth-order valence-corrected chi connectivity index (χ4v) is 4.23. The van der Waals surface area contributed by atoms with Crippen molar-refractivity contribution in [3.8, 4) is 0 Å². The summed E-state index contributed by atoms with van der Waals surface area (Å²) in [4.78, 5) is 76.2. The van der Waals surface area contributed by atoms with E-state index in [-0.39, 0.29) is 12.8 Å². The molecule has 4 N–H and O–H groups in total. The van der Waals surface area contributed by atoms with E-state index >= 15 is 0 Å². The van der Waals surface area contributed by atoms with Crippen LogP contribution in [-0.4, -0.2) is 91.6 Å². The third-order valence-corrected chi connectivity index (χ3v) is 5.87. The Hall–Kier alpha value is -3.34. The quantitative estimate of drug-likeness (QED) is 0.165. The lowest BCUT2D eigenvalue weighted by Crippen LogP contribution is -2.77. The van der Waals surface area contributed by atoms with Gasteiger partial charge in [-0.05, 0) is 12.8 Å². The molecule has 192 valence electrons. The van der Waals surface area contributed by atoms with Crippen LogP contribution in [0.2, 0.25) is 0 Å². The Bertz CT molecular complexity index is 1000. The lowest BCUT2D eigenvalue weighted by Gasteiger charge is -2.50. The van der Waals surface area contributed by atoms with Gasteiger partial charge in [-0.1, -0.05) is 0 Å². The highest BCUT2D eigenvalue weighted by molar-refractivity contribution is 5.94. The first-order chi connectivity index (χ1) is 16.2. The summed E-state index contributed by atoms with van der Waals surface area (Å²) in [5, 5.41) is 41.6. The second-order valence-electron chi connectivity index (χ2n) is 8.58. The monoisotopic (exact) mass is 504 g/mol. The average molecular weight is 504 g/mol. The molecule has 4 aliphatic rings. The normalized spacial score (nSPS) is 41.1. The number of aliphatic hydroxyl groups excluding tert-OH is 1. The summed E-state index contributed by atoms with van der Waals surface area (Å²) in [6.07, 6.45) is -6.02. The van der Waals surface area contributed by atoms with Crippen molar-refractivity contribution in [2.24, 2.45) is 0 Å². The number of rotatable bonds is 4. The molecule has 16 heteroatoms. The largest absolute Gasteiger partial charge is 0.465 e. The highest BCUT2D eigenvalue weighted by atomic mass is 16.9. The molecule has 5 unspecified atom stereocenters. The fraction of sp³-hybridized carbons (Fsp3) is 0.684. The minimum atomic E-state index is -3.96. The average Bonchev–Trinajstić information content (AvgIpc) is 2.81. The van der Waals surface area contributed by atoms with Crippen LogP contribution in [0.4, 0.5) is 0 Å². The maximum atomic E-state index is 12.9. The van der Waals surface area contributed by atoms with Gasteiger partial charge in [-0.15, -0.1) is 0 Å². The molecule has 35 heavy (non-hydrogen) atoms. The molecule has 0 saturated carbocycles. The number of hydrogen-bond acceptors (Lipinski definition) is 16. The zero-order valence-corrected chi connectivity index (χ0v) is 17.8. The summed E-state index contributed by atoms with van der Waals surface area (Å²) >= 11 is 0. The number of fused-ring (bicyclic) bond motifs is 8. The van der Waals surface area contributed by atoms with Crippen molar-refractivity contribution in [2.75, 3.05) is 6.61 Å². The van der Waals surface area contributed by atoms with Gasteiger partial charge < -0.3 is 48.8 Å². The number of unbranched alkanes of at least 4 members (excludes halogenated alkanes) is 1. The molecule has 5 atom stereocenters. The van der Waals surface area contributed by atoms with Crippen LogP contribution in [0.15, 0.2) is 0 Å². The molecule has 1 spiro atoms. The zero-order chi connectivity index (χ0) is 25.9. The fourth-order valence-electron chi connectivity index (χ4n) is 4.23. The summed E-state index contributed by atoms with van der Waals surface area (Å²) in [5.41, 5.74) is -5.65. The summed E-state index contributed by atoms with van der Waals surface area (Å²) in [7, 11) is 0. The van der Waals surface area contributed by atoms with E-state index in [1.165, 1.54) is 0 Å².